The Morgan fingerprint density at radius 3 is 2.96 bits per heavy atom. The number of hydrogen-bond acceptors (Lipinski definition) is 4. The second-order valence-electron chi connectivity index (χ2n) is 7.22. The number of carbonyl (C=O) groups is 1. The van der Waals surface area contributed by atoms with E-state index in [4.69, 9.17) is 4.52 Å². The van der Waals surface area contributed by atoms with E-state index in [0.29, 0.717) is 18.3 Å². The van der Waals surface area contributed by atoms with Gasteiger partial charge in [0, 0.05) is 24.6 Å². The molecule has 1 aromatic carbocycles. The molecule has 0 saturated carbocycles. The Bertz CT molecular complexity index is 684. The fourth-order valence-corrected chi connectivity index (χ4v) is 3.65. The number of unbranched alkanes of at least 4 members (excludes halogenated alkanes) is 1. The van der Waals surface area contributed by atoms with Gasteiger partial charge in [-0.2, -0.15) is 0 Å². The maximum absolute atomic E-state index is 12.4. The van der Waals surface area contributed by atoms with Gasteiger partial charge < -0.3 is 15.2 Å². The molecule has 0 bridgehead atoms. The monoisotopic (exact) mass is 355 g/mol. The summed E-state index contributed by atoms with van der Waals surface area (Å²) in [6.45, 7) is 4.08. The van der Waals surface area contributed by atoms with E-state index in [2.05, 4.69) is 28.8 Å². The molecule has 5 nitrogen and oxygen atoms in total. The quantitative estimate of drug-likeness (QED) is 0.755. The predicted molar refractivity (Wildman–Crippen MR) is 103 cm³/mol. The number of piperidine rings is 1. The van der Waals surface area contributed by atoms with Crippen molar-refractivity contribution in [3.05, 3.63) is 47.9 Å². The molecule has 140 valence electrons. The first-order valence-electron chi connectivity index (χ1n) is 9.74. The summed E-state index contributed by atoms with van der Waals surface area (Å²) >= 11 is 0. The summed E-state index contributed by atoms with van der Waals surface area (Å²) in [4.78, 5) is 12.4. The zero-order chi connectivity index (χ0) is 18.2. The second kappa shape index (κ2) is 9.53. The van der Waals surface area contributed by atoms with Crippen LogP contribution in [-0.4, -0.2) is 24.2 Å². The highest BCUT2D eigenvalue weighted by atomic mass is 16.5. The number of nitrogens with one attached hydrogen (secondary N) is 2. The number of amides is 1. The SMILES string of the molecule is CCCCc1cc(C[C@H]2CNCC[C@H]2CC(=O)Nc2ccccc2)no1. The van der Waals surface area contributed by atoms with Crippen molar-refractivity contribution in [2.75, 3.05) is 18.4 Å². The van der Waals surface area contributed by atoms with E-state index in [9.17, 15) is 4.79 Å². The number of carbonyl (C=O) groups excluding carboxylic acids is 1. The number of benzene rings is 1. The average molecular weight is 355 g/mol. The fraction of sp³-hybridized carbons (Fsp3) is 0.524. The van der Waals surface area contributed by atoms with Crippen molar-refractivity contribution in [2.45, 2.75) is 45.4 Å². The van der Waals surface area contributed by atoms with Gasteiger partial charge in [0.05, 0.1) is 5.69 Å². The third-order valence-corrected chi connectivity index (χ3v) is 5.13. The number of para-hydroxylation sites is 1. The Hall–Kier alpha value is -2.14. The topological polar surface area (TPSA) is 67.2 Å². The maximum atomic E-state index is 12.4. The zero-order valence-electron chi connectivity index (χ0n) is 15.5. The van der Waals surface area contributed by atoms with Gasteiger partial charge in [0.15, 0.2) is 0 Å². The van der Waals surface area contributed by atoms with Crippen molar-refractivity contribution in [1.29, 1.82) is 0 Å². The Kier molecular flexibility index (Phi) is 6.83. The maximum Gasteiger partial charge on any atom is 0.224 e. The van der Waals surface area contributed by atoms with Crippen LogP contribution in [0.15, 0.2) is 40.9 Å². The van der Waals surface area contributed by atoms with Crippen LogP contribution in [0.4, 0.5) is 5.69 Å². The summed E-state index contributed by atoms with van der Waals surface area (Å²) in [6, 6.07) is 11.7. The molecule has 0 unspecified atom stereocenters. The van der Waals surface area contributed by atoms with E-state index in [-0.39, 0.29) is 5.91 Å². The lowest BCUT2D eigenvalue weighted by Crippen LogP contribution is -2.39. The van der Waals surface area contributed by atoms with E-state index in [1.165, 1.54) is 0 Å². The minimum Gasteiger partial charge on any atom is -0.361 e. The van der Waals surface area contributed by atoms with Gasteiger partial charge in [0.1, 0.15) is 5.76 Å². The Labute approximate surface area is 155 Å². The van der Waals surface area contributed by atoms with Crippen LogP contribution >= 0.6 is 0 Å². The third-order valence-electron chi connectivity index (χ3n) is 5.13. The molecular formula is C21H29N3O2. The van der Waals surface area contributed by atoms with Gasteiger partial charge in [-0.25, -0.2) is 0 Å². The molecule has 5 heteroatoms. The molecule has 2 aromatic rings. The molecule has 1 aliphatic rings. The van der Waals surface area contributed by atoms with Crippen LogP contribution in [0.2, 0.25) is 0 Å². The summed E-state index contributed by atoms with van der Waals surface area (Å²) in [5, 5.41) is 10.7. The van der Waals surface area contributed by atoms with Crippen LogP contribution in [0.5, 0.6) is 0 Å². The lowest BCUT2D eigenvalue weighted by atomic mass is 9.81. The number of anilines is 1. The van der Waals surface area contributed by atoms with Crippen molar-refractivity contribution in [3.8, 4) is 0 Å². The van der Waals surface area contributed by atoms with Gasteiger partial charge in [0.25, 0.3) is 0 Å². The number of rotatable bonds is 8. The van der Waals surface area contributed by atoms with Gasteiger partial charge in [-0.3, -0.25) is 4.79 Å². The highest BCUT2D eigenvalue weighted by molar-refractivity contribution is 5.90. The molecule has 26 heavy (non-hydrogen) atoms. The smallest absolute Gasteiger partial charge is 0.224 e. The summed E-state index contributed by atoms with van der Waals surface area (Å²) in [6.07, 6.45) is 5.68. The first-order chi connectivity index (χ1) is 12.7. The zero-order valence-corrected chi connectivity index (χ0v) is 15.5. The van der Waals surface area contributed by atoms with E-state index in [0.717, 1.165) is 62.3 Å². The minimum atomic E-state index is 0.0943. The molecule has 0 spiro atoms. The standard InChI is InChI=1S/C21H29N3O2/c1-2-3-9-20-14-19(24-26-20)12-17-15-22-11-10-16(17)13-21(25)23-18-7-5-4-6-8-18/h4-8,14,16-17,22H,2-3,9-13,15H2,1H3,(H,23,25)/t16-,17-/m0/s1. The number of hydrogen-bond donors (Lipinski definition) is 2. The third kappa shape index (κ3) is 5.43. The number of aryl methyl sites for hydroxylation is 1. The fourth-order valence-electron chi connectivity index (χ4n) is 3.65. The molecule has 1 amide bonds. The highest BCUT2D eigenvalue weighted by Crippen LogP contribution is 2.27. The molecular weight excluding hydrogens is 326 g/mol. The van der Waals surface area contributed by atoms with Crippen LogP contribution in [-0.2, 0) is 17.6 Å². The summed E-state index contributed by atoms with van der Waals surface area (Å²) in [5.41, 5.74) is 1.87. The molecule has 1 fully saturated rings. The van der Waals surface area contributed by atoms with Crippen LogP contribution in [0.25, 0.3) is 0 Å². The van der Waals surface area contributed by atoms with Crippen molar-refractivity contribution < 1.29 is 9.32 Å². The van der Waals surface area contributed by atoms with Gasteiger partial charge in [-0.05, 0) is 56.3 Å². The average Bonchev–Trinajstić information content (AvgIpc) is 3.10. The first kappa shape index (κ1) is 18.6. The van der Waals surface area contributed by atoms with E-state index >= 15 is 0 Å². The van der Waals surface area contributed by atoms with Crippen LogP contribution in [0.1, 0.15) is 44.1 Å². The van der Waals surface area contributed by atoms with Crippen LogP contribution < -0.4 is 10.6 Å². The Morgan fingerprint density at radius 1 is 1.31 bits per heavy atom. The second-order valence-corrected chi connectivity index (χ2v) is 7.22. The summed E-state index contributed by atoms with van der Waals surface area (Å²) in [5.74, 6) is 1.85. The molecule has 0 radical (unpaired) electrons. The summed E-state index contributed by atoms with van der Waals surface area (Å²) in [7, 11) is 0. The van der Waals surface area contributed by atoms with Gasteiger partial charge in [-0.1, -0.05) is 36.7 Å². The van der Waals surface area contributed by atoms with E-state index < -0.39 is 0 Å². The van der Waals surface area contributed by atoms with Crippen molar-refractivity contribution in [2.24, 2.45) is 11.8 Å². The molecule has 1 aromatic heterocycles. The lowest BCUT2D eigenvalue weighted by Gasteiger charge is -2.31. The van der Waals surface area contributed by atoms with Crippen molar-refractivity contribution in [3.63, 3.8) is 0 Å². The Morgan fingerprint density at radius 2 is 2.15 bits per heavy atom. The normalized spacial score (nSPS) is 20.0. The predicted octanol–water partition coefficient (Wildman–Crippen LogP) is 3.81. The molecule has 3 rings (SSSR count). The highest BCUT2D eigenvalue weighted by Gasteiger charge is 2.28. The first-order valence-corrected chi connectivity index (χ1v) is 9.74. The minimum absolute atomic E-state index is 0.0943. The molecule has 1 aliphatic heterocycles. The Balaban J connectivity index is 1.55. The molecule has 0 aliphatic carbocycles. The van der Waals surface area contributed by atoms with Gasteiger partial charge in [-0.15, -0.1) is 0 Å². The van der Waals surface area contributed by atoms with Crippen molar-refractivity contribution in [1.82, 2.24) is 10.5 Å². The van der Waals surface area contributed by atoms with Crippen LogP contribution in [0, 0.1) is 11.8 Å². The largest absolute Gasteiger partial charge is 0.361 e. The van der Waals surface area contributed by atoms with Crippen molar-refractivity contribution >= 4 is 11.6 Å². The van der Waals surface area contributed by atoms with Gasteiger partial charge >= 0.3 is 0 Å². The molecule has 1 saturated heterocycles. The summed E-state index contributed by atoms with van der Waals surface area (Å²) < 4.78 is 5.45. The molecule has 2 atom stereocenters. The molecule has 2 heterocycles. The number of aromatic nitrogens is 1. The molecule has 2 N–H and O–H groups in total. The van der Waals surface area contributed by atoms with Crippen LogP contribution in [0.3, 0.4) is 0 Å². The van der Waals surface area contributed by atoms with E-state index in [1.54, 1.807) is 0 Å². The van der Waals surface area contributed by atoms with E-state index in [1.807, 2.05) is 30.3 Å². The lowest BCUT2D eigenvalue weighted by molar-refractivity contribution is -0.117. The van der Waals surface area contributed by atoms with Gasteiger partial charge in [0.2, 0.25) is 5.91 Å². The number of nitrogens with zero attached hydrogens (tertiary/aromatic N) is 1.